The topological polar surface area (TPSA) is 41.6 Å². The van der Waals surface area contributed by atoms with Crippen molar-refractivity contribution in [1.82, 2.24) is 10.2 Å². The average Bonchev–Trinajstić information content (AvgIpc) is 2.16. The van der Waals surface area contributed by atoms with Crippen LogP contribution >= 0.6 is 0 Å². The third-order valence-corrected chi connectivity index (χ3v) is 2.72. The number of likely N-dealkylation sites (tertiary alicyclic amines) is 1. The van der Waals surface area contributed by atoms with Gasteiger partial charge in [0.15, 0.2) is 0 Å². The summed E-state index contributed by atoms with van der Waals surface area (Å²) in [5, 5.41) is 2.82. The second-order valence-corrected chi connectivity index (χ2v) is 4.58. The van der Waals surface area contributed by atoms with Crippen LogP contribution in [0.25, 0.3) is 0 Å². The van der Waals surface area contributed by atoms with Gasteiger partial charge in [-0.25, -0.2) is 4.79 Å². The van der Waals surface area contributed by atoms with E-state index in [2.05, 4.69) is 17.3 Å². The number of carbonyl (C=O) groups is 1. The van der Waals surface area contributed by atoms with E-state index in [0.29, 0.717) is 5.92 Å². The summed E-state index contributed by atoms with van der Waals surface area (Å²) in [6.07, 6.45) is 2.00. The number of nitrogens with one attached hydrogen (secondary N) is 1. The van der Waals surface area contributed by atoms with E-state index in [1.165, 1.54) is 12.8 Å². The van der Waals surface area contributed by atoms with Crippen molar-refractivity contribution < 1.29 is 9.53 Å². The number of nitrogens with zero attached hydrogens (tertiary/aromatic N) is 1. The first-order valence-electron chi connectivity index (χ1n) is 5.71. The van der Waals surface area contributed by atoms with E-state index in [4.69, 9.17) is 4.74 Å². The first kappa shape index (κ1) is 12.3. The molecule has 0 aromatic rings. The molecule has 15 heavy (non-hydrogen) atoms. The summed E-state index contributed by atoms with van der Waals surface area (Å²) in [5.74, 6) is 0.612. The molecule has 1 rings (SSSR count). The summed E-state index contributed by atoms with van der Waals surface area (Å²) in [7, 11) is 2.14. The molecule has 0 bridgehead atoms. The van der Waals surface area contributed by atoms with Crippen LogP contribution in [0, 0.1) is 5.92 Å². The standard InChI is InChI=1S/C11H22N2O2/c1-9(2)15-11(14)12-8-10-4-6-13(3)7-5-10/h9-10H,4-8H2,1-3H3,(H,12,14). The molecule has 0 spiro atoms. The van der Waals surface area contributed by atoms with Gasteiger partial charge in [0.1, 0.15) is 0 Å². The normalized spacial score (nSPS) is 19.2. The van der Waals surface area contributed by atoms with Gasteiger partial charge < -0.3 is 15.0 Å². The highest BCUT2D eigenvalue weighted by Gasteiger charge is 2.17. The molecule has 1 N–H and O–H groups in total. The van der Waals surface area contributed by atoms with Crippen LogP contribution in [0.2, 0.25) is 0 Å². The summed E-state index contributed by atoms with van der Waals surface area (Å²) in [4.78, 5) is 13.5. The fourth-order valence-electron chi connectivity index (χ4n) is 1.75. The lowest BCUT2D eigenvalue weighted by Crippen LogP contribution is -2.37. The second-order valence-electron chi connectivity index (χ2n) is 4.58. The molecule has 1 heterocycles. The zero-order valence-corrected chi connectivity index (χ0v) is 9.95. The zero-order valence-electron chi connectivity index (χ0n) is 9.95. The highest BCUT2D eigenvalue weighted by atomic mass is 16.6. The number of amides is 1. The van der Waals surface area contributed by atoms with Gasteiger partial charge in [0, 0.05) is 6.54 Å². The molecule has 0 radical (unpaired) electrons. The Morgan fingerprint density at radius 2 is 2.07 bits per heavy atom. The van der Waals surface area contributed by atoms with E-state index in [1.54, 1.807) is 0 Å². The van der Waals surface area contributed by atoms with Crippen molar-refractivity contribution >= 4 is 6.09 Å². The van der Waals surface area contributed by atoms with E-state index in [1.807, 2.05) is 13.8 Å². The molecule has 1 saturated heterocycles. The third kappa shape index (κ3) is 5.02. The molecule has 1 aliphatic rings. The predicted octanol–water partition coefficient (Wildman–Crippen LogP) is 1.46. The van der Waals surface area contributed by atoms with Crippen molar-refractivity contribution in [1.29, 1.82) is 0 Å². The number of carbonyl (C=O) groups excluding carboxylic acids is 1. The lowest BCUT2D eigenvalue weighted by Gasteiger charge is -2.28. The number of hydrogen-bond acceptors (Lipinski definition) is 3. The Morgan fingerprint density at radius 1 is 1.47 bits per heavy atom. The number of rotatable bonds is 3. The molecule has 1 amide bonds. The SMILES string of the molecule is CC(C)OC(=O)NCC1CCN(C)CC1. The minimum atomic E-state index is -0.288. The highest BCUT2D eigenvalue weighted by molar-refractivity contribution is 5.67. The fourth-order valence-corrected chi connectivity index (χ4v) is 1.75. The highest BCUT2D eigenvalue weighted by Crippen LogP contribution is 2.14. The molecular weight excluding hydrogens is 192 g/mol. The maximum atomic E-state index is 11.2. The van der Waals surface area contributed by atoms with Gasteiger partial charge in [-0.3, -0.25) is 0 Å². The van der Waals surface area contributed by atoms with Gasteiger partial charge in [-0.15, -0.1) is 0 Å². The van der Waals surface area contributed by atoms with E-state index in [-0.39, 0.29) is 12.2 Å². The quantitative estimate of drug-likeness (QED) is 0.773. The minimum absolute atomic E-state index is 0.0394. The van der Waals surface area contributed by atoms with Crippen LogP contribution in [0.3, 0.4) is 0 Å². The van der Waals surface area contributed by atoms with Crippen LogP contribution in [-0.2, 0) is 4.74 Å². The fraction of sp³-hybridized carbons (Fsp3) is 0.909. The molecule has 0 aromatic carbocycles. The van der Waals surface area contributed by atoms with Crippen molar-refractivity contribution in [3.63, 3.8) is 0 Å². The first-order chi connectivity index (χ1) is 7.08. The van der Waals surface area contributed by atoms with Crippen LogP contribution in [0.15, 0.2) is 0 Å². The van der Waals surface area contributed by atoms with Gasteiger partial charge in [0.25, 0.3) is 0 Å². The van der Waals surface area contributed by atoms with E-state index >= 15 is 0 Å². The number of piperidine rings is 1. The Bertz CT molecular complexity index is 199. The summed E-state index contributed by atoms with van der Waals surface area (Å²) in [6.45, 7) is 6.72. The Morgan fingerprint density at radius 3 is 2.60 bits per heavy atom. The van der Waals surface area contributed by atoms with Gasteiger partial charge in [0.2, 0.25) is 0 Å². The number of ether oxygens (including phenoxy) is 1. The lowest BCUT2D eigenvalue weighted by molar-refractivity contribution is 0.112. The van der Waals surface area contributed by atoms with Crippen LogP contribution in [-0.4, -0.2) is 43.8 Å². The first-order valence-corrected chi connectivity index (χ1v) is 5.71. The van der Waals surface area contributed by atoms with Crippen LogP contribution in [0.1, 0.15) is 26.7 Å². The Balaban J connectivity index is 2.12. The second kappa shape index (κ2) is 5.95. The molecule has 0 atom stereocenters. The number of hydrogen-bond donors (Lipinski definition) is 1. The van der Waals surface area contributed by atoms with Gasteiger partial charge >= 0.3 is 6.09 Å². The monoisotopic (exact) mass is 214 g/mol. The zero-order chi connectivity index (χ0) is 11.3. The maximum Gasteiger partial charge on any atom is 0.407 e. The van der Waals surface area contributed by atoms with Crippen LogP contribution < -0.4 is 5.32 Å². The molecule has 0 aliphatic carbocycles. The lowest BCUT2D eigenvalue weighted by atomic mass is 9.97. The van der Waals surface area contributed by atoms with Gasteiger partial charge in [-0.05, 0) is 52.7 Å². The predicted molar refractivity (Wildman–Crippen MR) is 59.8 cm³/mol. The van der Waals surface area contributed by atoms with Gasteiger partial charge in [-0.2, -0.15) is 0 Å². The molecular formula is C11H22N2O2. The molecule has 0 saturated carbocycles. The Hall–Kier alpha value is -0.770. The number of alkyl carbamates (subject to hydrolysis) is 1. The molecule has 88 valence electrons. The Kier molecular flexibility index (Phi) is 4.88. The van der Waals surface area contributed by atoms with E-state index < -0.39 is 0 Å². The van der Waals surface area contributed by atoms with E-state index in [0.717, 1.165) is 19.6 Å². The van der Waals surface area contributed by atoms with Crippen molar-refractivity contribution in [2.45, 2.75) is 32.8 Å². The summed E-state index contributed by atoms with van der Waals surface area (Å²) < 4.78 is 5.00. The van der Waals surface area contributed by atoms with Crippen molar-refractivity contribution in [2.24, 2.45) is 5.92 Å². The molecule has 1 aliphatic heterocycles. The molecule has 4 nitrogen and oxygen atoms in total. The summed E-state index contributed by atoms with van der Waals surface area (Å²) in [6, 6.07) is 0. The van der Waals surface area contributed by atoms with Crippen molar-refractivity contribution in [3.05, 3.63) is 0 Å². The van der Waals surface area contributed by atoms with Gasteiger partial charge in [0.05, 0.1) is 6.10 Å². The largest absolute Gasteiger partial charge is 0.447 e. The minimum Gasteiger partial charge on any atom is -0.447 e. The maximum absolute atomic E-state index is 11.2. The molecule has 4 heteroatoms. The summed E-state index contributed by atoms with van der Waals surface area (Å²) >= 11 is 0. The average molecular weight is 214 g/mol. The van der Waals surface area contributed by atoms with Crippen molar-refractivity contribution in [2.75, 3.05) is 26.7 Å². The van der Waals surface area contributed by atoms with E-state index in [9.17, 15) is 4.79 Å². The smallest absolute Gasteiger partial charge is 0.407 e. The summed E-state index contributed by atoms with van der Waals surface area (Å²) in [5.41, 5.74) is 0. The molecule has 1 fully saturated rings. The van der Waals surface area contributed by atoms with Crippen LogP contribution in [0.5, 0.6) is 0 Å². The molecule has 0 unspecified atom stereocenters. The third-order valence-electron chi connectivity index (χ3n) is 2.72. The Labute approximate surface area is 92.0 Å². The molecule has 0 aromatic heterocycles. The van der Waals surface area contributed by atoms with Crippen LogP contribution in [0.4, 0.5) is 4.79 Å². The van der Waals surface area contributed by atoms with Crippen molar-refractivity contribution in [3.8, 4) is 0 Å². The van der Waals surface area contributed by atoms with Gasteiger partial charge in [-0.1, -0.05) is 0 Å².